The van der Waals surface area contributed by atoms with Crippen molar-refractivity contribution in [2.24, 2.45) is 5.73 Å². The van der Waals surface area contributed by atoms with Gasteiger partial charge in [0.2, 0.25) is 0 Å². The lowest BCUT2D eigenvalue weighted by Crippen LogP contribution is -2.11. The zero-order chi connectivity index (χ0) is 10.6. The van der Waals surface area contributed by atoms with Gasteiger partial charge in [-0.1, -0.05) is 18.5 Å². The molecule has 0 spiro atoms. The molecule has 0 aliphatic heterocycles. The average molecular weight is 199 g/mol. The van der Waals surface area contributed by atoms with Crippen LogP contribution in [0.4, 0.5) is 0 Å². The topological polar surface area (TPSA) is 74.2 Å². The summed E-state index contributed by atoms with van der Waals surface area (Å²) in [4.78, 5) is 4.17. The van der Waals surface area contributed by atoms with Crippen molar-refractivity contribution >= 4 is 0 Å². The van der Waals surface area contributed by atoms with Crippen LogP contribution in [0.25, 0.3) is 0 Å². The Morgan fingerprint density at radius 3 is 2.86 bits per heavy atom. The zero-order valence-corrected chi connectivity index (χ0v) is 8.86. The van der Waals surface area contributed by atoms with E-state index in [0.29, 0.717) is 11.7 Å². The third kappa shape index (κ3) is 2.52. The van der Waals surface area contributed by atoms with Gasteiger partial charge in [-0.15, -0.1) is 0 Å². The monoisotopic (exact) mass is 199 g/mol. The molecule has 0 saturated heterocycles. The van der Waals surface area contributed by atoms with E-state index in [9.17, 15) is 0 Å². The first-order chi connectivity index (χ1) is 6.69. The second kappa shape index (κ2) is 5.07. The van der Waals surface area contributed by atoms with Crippen LogP contribution in [0.3, 0.4) is 0 Å². The molecule has 0 aromatic carbocycles. The van der Waals surface area contributed by atoms with Gasteiger partial charge in [-0.05, 0) is 13.3 Å². The fourth-order valence-electron chi connectivity index (χ4n) is 1.10. The minimum Gasteiger partial charge on any atom is -0.372 e. The highest BCUT2D eigenvalue weighted by Crippen LogP contribution is 2.17. The molecule has 1 aromatic rings. The van der Waals surface area contributed by atoms with Crippen LogP contribution < -0.4 is 5.73 Å². The van der Waals surface area contributed by atoms with Crippen LogP contribution in [0.2, 0.25) is 0 Å². The maximum atomic E-state index is 5.83. The van der Waals surface area contributed by atoms with Crippen molar-refractivity contribution in [1.29, 1.82) is 0 Å². The second-order valence-electron chi connectivity index (χ2n) is 3.26. The molecule has 1 aromatic heterocycles. The molecular weight excluding hydrogens is 182 g/mol. The fraction of sp³-hybridized carbons (Fsp3) is 0.778. The average Bonchev–Trinajstić information content (AvgIpc) is 2.66. The molecule has 2 unspecified atom stereocenters. The number of hydrogen-bond donors (Lipinski definition) is 1. The molecule has 14 heavy (non-hydrogen) atoms. The van der Waals surface area contributed by atoms with Crippen molar-refractivity contribution in [2.45, 2.75) is 38.8 Å². The minimum atomic E-state index is -0.176. The van der Waals surface area contributed by atoms with Gasteiger partial charge in [-0.2, -0.15) is 4.98 Å². The van der Waals surface area contributed by atoms with Crippen molar-refractivity contribution < 1.29 is 9.26 Å². The van der Waals surface area contributed by atoms with Crippen molar-refractivity contribution in [3.8, 4) is 0 Å². The Morgan fingerprint density at radius 1 is 1.57 bits per heavy atom. The summed E-state index contributed by atoms with van der Waals surface area (Å²) in [5.74, 6) is 1.04. The molecule has 0 saturated carbocycles. The lowest BCUT2D eigenvalue weighted by atomic mass is 10.2. The Labute approximate surface area is 83.6 Å². The molecule has 2 atom stereocenters. The smallest absolute Gasteiger partial charge is 0.255 e. The van der Waals surface area contributed by atoms with Crippen molar-refractivity contribution in [2.75, 3.05) is 7.11 Å². The van der Waals surface area contributed by atoms with Gasteiger partial charge in [0.1, 0.15) is 6.10 Å². The predicted molar refractivity (Wildman–Crippen MR) is 51.6 cm³/mol. The van der Waals surface area contributed by atoms with E-state index >= 15 is 0 Å². The maximum Gasteiger partial charge on any atom is 0.255 e. The highest BCUT2D eigenvalue weighted by molar-refractivity contribution is 4.94. The van der Waals surface area contributed by atoms with E-state index in [0.717, 1.165) is 12.8 Å². The normalized spacial score (nSPS) is 15.4. The number of methoxy groups -OCH3 is 1. The van der Waals surface area contributed by atoms with Crippen LogP contribution in [0, 0.1) is 0 Å². The SMILES string of the molecule is CCCC(N)c1noc(C(C)OC)n1. The third-order valence-corrected chi connectivity index (χ3v) is 2.09. The van der Waals surface area contributed by atoms with E-state index in [1.54, 1.807) is 7.11 Å². The fourth-order valence-corrected chi connectivity index (χ4v) is 1.10. The van der Waals surface area contributed by atoms with Gasteiger partial charge < -0.3 is 15.0 Å². The van der Waals surface area contributed by atoms with Gasteiger partial charge in [0.15, 0.2) is 5.82 Å². The van der Waals surface area contributed by atoms with Crippen molar-refractivity contribution in [3.05, 3.63) is 11.7 Å². The highest BCUT2D eigenvalue weighted by Gasteiger charge is 2.16. The van der Waals surface area contributed by atoms with E-state index in [1.807, 2.05) is 6.92 Å². The van der Waals surface area contributed by atoms with E-state index in [4.69, 9.17) is 15.0 Å². The summed E-state index contributed by atoms with van der Waals surface area (Å²) in [6.45, 7) is 3.92. The number of nitrogens with zero attached hydrogens (tertiary/aromatic N) is 2. The first-order valence-corrected chi connectivity index (χ1v) is 4.80. The summed E-state index contributed by atoms with van der Waals surface area (Å²) in [5.41, 5.74) is 5.83. The molecule has 0 fully saturated rings. The van der Waals surface area contributed by atoms with Crippen LogP contribution in [-0.2, 0) is 4.74 Å². The van der Waals surface area contributed by atoms with Gasteiger partial charge in [-0.25, -0.2) is 0 Å². The highest BCUT2D eigenvalue weighted by atomic mass is 16.5. The van der Waals surface area contributed by atoms with E-state index < -0.39 is 0 Å². The third-order valence-electron chi connectivity index (χ3n) is 2.09. The number of hydrogen-bond acceptors (Lipinski definition) is 5. The molecule has 0 amide bonds. The maximum absolute atomic E-state index is 5.83. The molecule has 80 valence electrons. The predicted octanol–water partition coefficient (Wildman–Crippen LogP) is 1.58. The Kier molecular flexibility index (Phi) is 4.03. The van der Waals surface area contributed by atoms with E-state index in [-0.39, 0.29) is 12.1 Å². The molecule has 1 heterocycles. The van der Waals surface area contributed by atoms with E-state index in [2.05, 4.69) is 17.1 Å². The Hall–Kier alpha value is -0.940. The van der Waals surface area contributed by atoms with Crippen LogP contribution in [0.1, 0.15) is 50.6 Å². The largest absolute Gasteiger partial charge is 0.372 e. The van der Waals surface area contributed by atoms with Crippen LogP contribution in [0.15, 0.2) is 4.52 Å². The standard InChI is InChI=1S/C9H17N3O2/c1-4-5-7(10)8-11-9(14-12-8)6(2)13-3/h6-7H,4-5,10H2,1-3H3. The summed E-state index contributed by atoms with van der Waals surface area (Å²) in [6.07, 6.45) is 1.69. The molecule has 2 N–H and O–H groups in total. The van der Waals surface area contributed by atoms with Crippen LogP contribution in [-0.4, -0.2) is 17.3 Å². The molecular formula is C9H17N3O2. The Morgan fingerprint density at radius 2 is 2.29 bits per heavy atom. The van der Waals surface area contributed by atoms with Gasteiger partial charge in [0.25, 0.3) is 5.89 Å². The summed E-state index contributed by atoms with van der Waals surface area (Å²) < 4.78 is 10.1. The Balaban J connectivity index is 2.67. The van der Waals surface area contributed by atoms with E-state index in [1.165, 1.54) is 0 Å². The summed E-state index contributed by atoms with van der Waals surface area (Å²) in [5, 5.41) is 3.81. The van der Waals surface area contributed by atoms with Gasteiger partial charge in [0, 0.05) is 7.11 Å². The summed E-state index contributed by atoms with van der Waals surface area (Å²) >= 11 is 0. The van der Waals surface area contributed by atoms with Crippen molar-refractivity contribution in [3.63, 3.8) is 0 Å². The van der Waals surface area contributed by atoms with Gasteiger partial charge >= 0.3 is 0 Å². The first-order valence-electron chi connectivity index (χ1n) is 4.80. The van der Waals surface area contributed by atoms with Crippen molar-refractivity contribution in [1.82, 2.24) is 10.1 Å². The van der Waals surface area contributed by atoms with Crippen LogP contribution in [0.5, 0.6) is 0 Å². The summed E-state index contributed by atoms with van der Waals surface area (Å²) in [6, 6.07) is -0.137. The number of nitrogens with two attached hydrogens (primary N) is 1. The van der Waals surface area contributed by atoms with Gasteiger partial charge in [-0.3, -0.25) is 0 Å². The number of rotatable bonds is 5. The molecule has 1 rings (SSSR count). The molecule has 0 radical (unpaired) electrons. The Bertz CT molecular complexity index is 275. The number of aromatic nitrogens is 2. The van der Waals surface area contributed by atoms with Crippen LogP contribution >= 0.6 is 0 Å². The number of ether oxygens (including phenoxy) is 1. The molecule has 5 heteroatoms. The summed E-state index contributed by atoms with van der Waals surface area (Å²) in [7, 11) is 1.60. The van der Waals surface area contributed by atoms with Gasteiger partial charge in [0.05, 0.1) is 6.04 Å². The minimum absolute atomic E-state index is 0.137. The molecule has 0 bridgehead atoms. The lowest BCUT2D eigenvalue weighted by molar-refractivity contribution is 0.0886. The quantitative estimate of drug-likeness (QED) is 0.779. The molecule has 0 aliphatic rings. The zero-order valence-electron chi connectivity index (χ0n) is 8.86. The first kappa shape index (κ1) is 11.1. The lowest BCUT2D eigenvalue weighted by Gasteiger charge is -2.03. The molecule has 0 aliphatic carbocycles. The second-order valence-corrected chi connectivity index (χ2v) is 3.26. The molecule has 5 nitrogen and oxygen atoms in total.